The maximum atomic E-state index is 14.9. The zero-order valence-electron chi connectivity index (χ0n) is 19.3. The lowest BCUT2D eigenvalue weighted by Gasteiger charge is -2.11. The molecule has 0 aliphatic carbocycles. The Balaban J connectivity index is 1.36. The number of pyridine rings is 3. The number of amides is 1. The van der Waals surface area contributed by atoms with E-state index in [2.05, 4.69) is 15.3 Å². The van der Waals surface area contributed by atoms with E-state index in [-0.39, 0.29) is 22.7 Å². The highest BCUT2D eigenvalue weighted by molar-refractivity contribution is 6.04. The molecule has 0 saturated carbocycles. The standard InChI is InChI=1S/C27H18F2N4O4/c1-36-19-14-22-25(31-15-19)24(10-11-30-22)37-23-9-6-17(13-21(23)29)32-26(34)20-3-2-12-33(27(20)35)18-7-4-16(28)5-8-18/h2-15H,1H3,(H,32,34). The number of anilines is 1. The smallest absolute Gasteiger partial charge is 0.267 e. The molecular weight excluding hydrogens is 482 g/mol. The molecule has 184 valence electrons. The van der Waals surface area contributed by atoms with Crippen molar-refractivity contribution in [3.63, 3.8) is 0 Å². The van der Waals surface area contributed by atoms with Gasteiger partial charge in [-0.3, -0.25) is 19.1 Å². The van der Waals surface area contributed by atoms with Crippen LogP contribution in [-0.2, 0) is 0 Å². The van der Waals surface area contributed by atoms with Crippen molar-refractivity contribution in [2.45, 2.75) is 0 Å². The lowest BCUT2D eigenvalue weighted by Crippen LogP contribution is -2.27. The first kappa shape index (κ1) is 23.6. The SMILES string of the molecule is COc1cnc2c(Oc3ccc(NC(=O)c4cccn(-c5ccc(F)cc5)c4=O)cc3F)ccnc2c1. The predicted octanol–water partition coefficient (Wildman–Crippen LogP) is 5.11. The maximum absolute atomic E-state index is 14.9. The van der Waals surface area contributed by atoms with Gasteiger partial charge in [0, 0.05) is 42.0 Å². The number of hydrogen-bond donors (Lipinski definition) is 1. The van der Waals surface area contributed by atoms with Gasteiger partial charge in [-0.25, -0.2) is 13.8 Å². The normalized spacial score (nSPS) is 10.8. The van der Waals surface area contributed by atoms with Gasteiger partial charge in [0.25, 0.3) is 11.5 Å². The fourth-order valence-electron chi connectivity index (χ4n) is 3.63. The number of carbonyl (C=O) groups excluding carboxylic acids is 1. The second-order valence-corrected chi connectivity index (χ2v) is 7.83. The Labute approximate surface area is 208 Å². The van der Waals surface area contributed by atoms with Crippen molar-refractivity contribution in [1.82, 2.24) is 14.5 Å². The monoisotopic (exact) mass is 500 g/mol. The predicted molar refractivity (Wildman–Crippen MR) is 133 cm³/mol. The quantitative estimate of drug-likeness (QED) is 0.348. The third-order valence-electron chi connectivity index (χ3n) is 5.46. The van der Waals surface area contributed by atoms with Gasteiger partial charge in [-0.15, -0.1) is 0 Å². The van der Waals surface area contributed by atoms with Crippen LogP contribution in [-0.4, -0.2) is 27.6 Å². The van der Waals surface area contributed by atoms with Gasteiger partial charge < -0.3 is 14.8 Å². The second kappa shape index (κ2) is 9.86. The third kappa shape index (κ3) is 4.85. The van der Waals surface area contributed by atoms with Crippen molar-refractivity contribution in [2.75, 3.05) is 12.4 Å². The number of nitrogens with zero attached hydrogens (tertiary/aromatic N) is 3. The van der Waals surface area contributed by atoms with Crippen LogP contribution in [0.15, 0.2) is 90.1 Å². The average Bonchev–Trinajstić information content (AvgIpc) is 2.90. The van der Waals surface area contributed by atoms with E-state index in [9.17, 15) is 18.4 Å². The van der Waals surface area contributed by atoms with Crippen LogP contribution in [0.1, 0.15) is 10.4 Å². The minimum absolute atomic E-state index is 0.0958. The topological polar surface area (TPSA) is 95.3 Å². The number of halogens is 2. The third-order valence-corrected chi connectivity index (χ3v) is 5.46. The van der Waals surface area contributed by atoms with Crippen molar-refractivity contribution >= 4 is 22.6 Å². The van der Waals surface area contributed by atoms with Gasteiger partial charge in [-0.05, 0) is 48.5 Å². The summed E-state index contributed by atoms with van der Waals surface area (Å²) in [5.41, 5.74) is 0.661. The Hall–Kier alpha value is -5.12. The molecule has 1 amide bonds. The van der Waals surface area contributed by atoms with E-state index >= 15 is 0 Å². The first-order valence-corrected chi connectivity index (χ1v) is 11.0. The van der Waals surface area contributed by atoms with E-state index in [0.717, 1.165) is 6.07 Å². The summed E-state index contributed by atoms with van der Waals surface area (Å²) in [6, 6.07) is 15.2. The summed E-state index contributed by atoms with van der Waals surface area (Å²) in [4.78, 5) is 34.1. The Kier molecular flexibility index (Phi) is 6.29. The van der Waals surface area contributed by atoms with Crippen molar-refractivity contribution in [2.24, 2.45) is 0 Å². The fourth-order valence-corrected chi connectivity index (χ4v) is 3.63. The van der Waals surface area contributed by atoms with Crippen molar-refractivity contribution < 1.29 is 23.0 Å². The molecule has 2 aromatic carbocycles. The minimum Gasteiger partial charge on any atom is -0.495 e. The highest BCUT2D eigenvalue weighted by atomic mass is 19.1. The molecule has 10 heteroatoms. The van der Waals surface area contributed by atoms with Crippen LogP contribution in [0.25, 0.3) is 16.7 Å². The van der Waals surface area contributed by atoms with E-state index in [0.29, 0.717) is 22.5 Å². The second-order valence-electron chi connectivity index (χ2n) is 7.83. The van der Waals surface area contributed by atoms with Gasteiger partial charge in [0.15, 0.2) is 17.3 Å². The Morgan fingerprint density at radius 2 is 1.78 bits per heavy atom. The van der Waals surface area contributed by atoms with Crippen molar-refractivity contribution in [3.8, 4) is 22.9 Å². The highest BCUT2D eigenvalue weighted by Gasteiger charge is 2.16. The molecule has 5 aromatic rings. The number of nitrogens with one attached hydrogen (secondary N) is 1. The maximum Gasteiger partial charge on any atom is 0.267 e. The number of benzene rings is 2. The first-order chi connectivity index (χ1) is 17.9. The largest absolute Gasteiger partial charge is 0.495 e. The summed E-state index contributed by atoms with van der Waals surface area (Å²) in [6.45, 7) is 0. The molecule has 0 aliphatic rings. The van der Waals surface area contributed by atoms with Gasteiger partial charge >= 0.3 is 0 Å². The number of methoxy groups -OCH3 is 1. The molecule has 0 radical (unpaired) electrons. The lowest BCUT2D eigenvalue weighted by atomic mass is 10.2. The molecular formula is C27H18F2N4O4. The van der Waals surface area contributed by atoms with Crippen LogP contribution in [0.4, 0.5) is 14.5 Å². The lowest BCUT2D eigenvalue weighted by molar-refractivity contribution is 0.102. The van der Waals surface area contributed by atoms with Crippen LogP contribution < -0.4 is 20.3 Å². The van der Waals surface area contributed by atoms with Gasteiger partial charge in [-0.2, -0.15) is 0 Å². The van der Waals surface area contributed by atoms with Gasteiger partial charge in [-0.1, -0.05) is 0 Å². The fraction of sp³-hybridized carbons (Fsp3) is 0.0370. The summed E-state index contributed by atoms with van der Waals surface area (Å²) >= 11 is 0. The summed E-state index contributed by atoms with van der Waals surface area (Å²) in [7, 11) is 1.51. The average molecular weight is 500 g/mol. The summed E-state index contributed by atoms with van der Waals surface area (Å²) in [6.07, 6.45) is 4.47. The van der Waals surface area contributed by atoms with E-state index < -0.39 is 23.1 Å². The van der Waals surface area contributed by atoms with Crippen LogP contribution in [0.2, 0.25) is 0 Å². The summed E-state index contributed by atoms with van der Waals surface area (Å²) in [5.74, 6) is -1.21. The molecule has 0 spiro atoms. The molecule has 0 aliphatic heterocycles. The van der Waals surface area contributed by atoms with Gasteiger partial charge in [0.05, 0.1) is 18.8 Å². The molecule has 3 heterocycles. The van der Waals surface area contributed by atoms with Crippen LogP contribution in [0, 0.1) is 11.6 Å². The van der Waals surface area contributed by atoms with E-state index in [1.54, 1.807) is 12.1 Å². The molecule has 0 atom stereocenters. The molecule has 8 nitrogen and oxygen atoms in total. The Morgan fingerprint density at radius 3 is 2.54 bits per heavy atom. The van der Waals surface area contributed by atoms with Crippen molar-refractivity contribution in [3.05, 3.63) is 113 Å². The Bertz CT molecular complexity index is 1690. The summed E-state index contributed by atoms with van der Waals surface area (Å²) in [5, 5.41) is 2.52. The van der Waals surface area contributed by atoms with Crippen LogP contribution in [0.5, 0.6) is 17.2 Å². The zero-order valence-corrected chi connectivity index (χ0v) is 19.3. The number of hydrogen-bond acceptors (Lipinski definition) is 6. The number of ether oxygens (including phenoxy) is 2. The van der Waals surface area contributed by atoms with Crippen LogP contribution in [0.3, 0.4) is 0 Å². The van der Waals surface area contributed by atoms with Crippen LogP contribution >= 0.6 is 0 Å². The molecule has 0 bridgehead atoms. The molecule has 0 fully saturated rings. The molecule has 0 saturated heterocycles. The minimum atomic E-state index is -0.743. The van der Waals surface area contributed by atoms with E-state index in [1.807, 2.05) is 0 Å². The Morgan fingerprint density at radius 1 is 0.973 bits per heavy atom. The zero-order chi connectivity index (χ0) is 25.9. The van der Waals surface area contributed by atoms with Crippen molar-refractivity contribution in [1.29, 1.82) is 0 Å². The molecule has 3 aromatic heterocycles. The number of rotatable bonds is 6. The number of fused-ring (bicyclic) bond motifs is 1. The summed E-state index contributed by atoms with van der Waals surface area (Å²) < 4.78 is 40.2. The van der Waals surface area contributed by atoms with Gasteiger partial charge in [0.2, 0.25) is 0 Å². The molecule has 1 N–H and O–H groups in total. The number of aromatic nitrogens is 3. The number of carbonyl (C=O) groups is 1. The molecule has 5 rings (SSSR count). The molecule has 37 heavy (non-hydrogen) atoms. The molecule has 0 unspecified atom stereocenters. The highest BCUT2D eigenvalue weighted by Crippen LogP contribution is 2.31. The van der Waals surface area contributed by atoms with E-state index in [1.165, 1.54) is 78.8 Å². The first-order valence-electron chi connectivity index (χ1n) is 11.0. The van der Waals surface area contributed by atoms with E-state index in [4.69, 9.17) is 9.47 Å². The van der Waals surface area contributed by atoms with Gasteiger partial charge in [0.1, 0.15) is 22.6 Å².